The second-order valence-corrected chi connectivity index (χ2v) is 7.41. The number of aliphatic carboxylic acids is 1. The highest BCUT2D eigenvalue weighted by atomic mass is 32.2. The van der Waals surface area contributed by atoms with Gasteiger partial charge in [-0.2, -0.15) is 11.8 Å². The molecule has 21 heavy (non-hydrogen) atoms. The van der Waals surface area contributed by atoms with E-state index in [1.54, 1.807) is 0 Å². The van der Waals surface area contributed by atoms with Gasteiger partial charge in [0.1, 0.15) is 0 Å². The number of carboxylic acids is 1. The Kier molecular flexibility index (Phi) is 7.34. The van der Waals surface area contributed by atoms with Gasteiger partial charge >= 0.3 is 5.97 Å². The molecule has 0 unspecified atom stereocenters. The Bertz CT molecular complexity index is 323. The van der Waals surface area contributed by atoms with Gasteiger partial charge in [0.25, 0.3) is 0 Å². The zero-order chi connectivity index (χ0) is 15.1. The minimum atomic E-state index is -0.689. The van der Waals surface area contributed by atoms with E-state index in [-0.39, 0.29) is 0 Å². The first-order valence-corrected chi connectivity index (χ1v) is 9.43. The van der Waals surface area contributed by atoms with Crippen LogP contribution in [0.3, 0.4) is 0 Å². The second kappa shape index (κ2) is 9.01. The van der Waals surface area contributed by atoms with Crippen LogP contribution in [0.25, 0.3) is 0 Å². The van der Waals surface area contributed by atoms with Crippen molar-refractivity contribution in [3.05, 3.63) is 0 Å². The summed E-state index contributed by atoms with van der Waals surface area (Å²) in [6.07, 6.45) is 8.62. The highest BCUT2D eigenvalue weighted by molar-refractivity contribution is 7.99. The van der Waals surface area contributed by atoms with Gasteiger partial charge in [-0.25, -0.2) is 0 Å². The lowest BCUT2D eigenvalue weighted by molar-refractivity contribution is -0.137. The number of hydrogen-bond donors (Lipinski definition) is 2. The highest BCUT2D eigenvalue weighted by Gasteiger charge is 2.47. The van der Waals surface area contributed by atoms with E-state index in [0.717, 1.165) is 37.2 Å². The van der Waals surface area contributed by atoms with Crippen molar-refractivity contribution >= 4 is 17.7 Å². The number of aliphatic hydroxyl groups excluding tert-OH is 1. The summed E-state index contributed by atoms with van der Waals surface area (Å²) in [5, 5.41) is 17.5. The van der Waals surface area contributed by atoms with Gasteiger partial charge < -0.3 is 14.9 Å². The van der Waals surface area contributed by atoms with Gasteiger partial charge in [-0.15, -0.1) is 0 Å². The molecule has 2 fully saturated rings. The van der Waals surface area contributed by atoms with E-state index < -0.39 is 5.97 Å². The molecule has 4 atom stereocenters. The van der Waals surface area contributed by atoms with E-state index in [2.05, 4.69) is 0 Å². The molecule has 0 aromatic heterocycles. The number of thioether (sulfide) groups is 1. The predicted octanol–water partition coefficient (Wildman–Crippen LogP) is 2.93. The molecular weight excluding hydrogens is 288 g/mol. The quantitative estimate of drug-likeness (QED) is 0.574. The lowest BCUT2D eigenvalue weighted by Crippen LogP contribution is -2.29. The average molecular weight is 316 g/mol. The number of ether oxygens (including phenoxy) is 1. The first-order valence-electron chi connectivity index (χ1n) is 8.28. The molecule has 0 amide bonds. The summed E-state index contributed by atoms with van der Waals surface area (Å²) in [5.74, 6) is 2.88. The lowest BCUT2D eigenvalue weighted by atomic mass is 9.78. The second-order valence-electron chi connectivity index (χ2n) is 6.26. The summed E-state index contributed by atoms with van der Waals surface area (Å²) >= 11 is 1.96. The first-order chi connectivity index (χ1) is 10.2. The molecule has 4 nitrogen and oxygen atoms in total. The van der Waals surface area contributed by atoms with Gasteiger partial charge in [-0.05, 0) is 61.9 Å². The molecule has 122 valence electrons. The van der Waals surface area contributed by atoms with E-state index in [9.17, 15) is 4.79 Å². The fourth-order valence-electron chi connectivity index (χ4n) is 3.69. The minimum Gasteiger partial charge on any atom is -0.481 e. The smallest absolute Gasteiger partial charge is 0.303 e. The van der Waals surface area contributed by atoms with Gasteiger partial charge in [0.05, 0.1) is 12.2 Å². The normalized spacial score (nSPS) is 30.9. The van der Waals surface area contributed by atoms with Crippen molar-refractivity contribution < 1.29 is 19.7 Å². The van der Waals surface area contributed by atoms with E-state index in [1.807, 2.05) is 11.8 Å². The number of rotatable bonds is 11. The molecule has 0 aromatic rings. The number of hydrogen-bond acceptors (Lipinski definition) is 4. The minimum absolute atomic E-state index is 0.293. The van der Waals surface area contributed by atoms with E-state index >= 15 is 0 Å². The fraction of sp³-hybridized carbons (Fsp3) is 0.938. The zero-order valence-corrected chi connectivity index (χ0v) is 13.5. The molecule has 0 saturated carbocycles. The van der Waals surface area contributed by atoms with Gasteiger partial charge in [-0.3, -0.25) is 4.79 Å². The molecular formula is C16H28O4S. The SMILES string of the molecule is O=C(O)CCCCSC[C@H]1[C@@H](CCCCO)[C@H]2CC[C@@H]1O2. The summed E-state index contributed by atoms with van der Waals surface area (Å²) in [6.45, 7) is 0.296. The molecule has 2 aliphatic rings. The lowest BCUT2D eigenvalue weighted by Gasteiger charge is -2.27. The Balaban J connectivity index is 1.64. The maximum Gasteiger partial charge on any atom is 0.303 e. The van der Waals surface area contributed by atoms with E-state index in [4.69, 9.17) is 14.9 Å². The van der Waals surface area contributed by atoms with Gasteiger partial charge in [0.15, 0.2) is 0 Å². The molecule has 2 bridgehead atoms. The van der Waals surface area contributed by atoms with E-state index in [0.29, 0.717) is 37.1 Å². The third-order valence-electron chi connectivity index (χ3n) is 4.78. The van der Waals surface area contributed by atoms with Crippen LogP contribution in [0.2, 0.25) is 0 Å². The summed E-state index contributed by atoms with van der Waals surface area (Å²) in [4.78, 5) is 10.5. The standard InChI is InChI=1S/C16H28O4S/c17-9-3-1-5-12-13(15-8-7-14(12)20-15)11-21-10-4-2-6-16(18)19/h12-15,17H,1-11H2,(H,18,19)/t12-,13+,14-,15+/m1/s1. The maximum atomic E-state index is 10.5. The third kappa shape index (κ3) is 5.15. The highest BCUT2D eigenvalue weighted by Crippen LogP contribution is 2.46. The Labute approximate surface area is 131 Å². The Morgan fingerprint density at radius 1 is 1.10 bits per heavy atom. The van der Waals surface area contributed by atoms with Crippen molar-refractivity contribution in [2.75, 3.05) is 18.1 Å². The third-order valence-corrected chi connectivity index (χ3v) is 5.97. The first kappa shape index (κ1) is 17.1. The van der Waals surface area contributed by atoms with Crippen LogP contribution in [0.4, 0.5) is 0 Å². The molecule has 0 spiro atoms. The number of carbonyl (C=O) groups is 1. The van der Waals surface area contributed by atoms with Crippen molar-refractivity contribution in [2.45, 2.75) is 63.6 Å². The van der Waals surface area contributed by atoms with E-state index in [1.165, 1.54) is 19.3 Å². The number of unbranched alkanes of at least 4 members (excludes halogenated alkanes) is 2. The van der Waals surface area contributed by atoms with Crippen molar-refractivity contribution in [1.29, 1.82) is 0 Å². The van der Waals surface area contributed by atoms with Crippen LogP contribution in [0, 0.1) is 11.8 Å². The van der Waals surface area contributed by atoms with Gasteiger partial charge in [0.2, 0.25) is 0 Å². The topological polar surface area (TPSA) is 66.8 Å². The summed E-state index contributed by atoms with van der Waals surface area (Å²) in [5.41, 5.74) is 0. The van der Waals surface area contributed by atoms with Crippen LogP contribution in [0.1, 0.15) is 51.4 Å². The van der Waals surface area contributed by atoms with Crippen LogP contribution >= 0.6 is 11.8 Å². The molecule has 2 N–H and O–H groups in total. The van der Waals surface area contributed by atoms with Crippen molar-refractivity contribution in [1.82, 2.24) is 0 Å². The number of carboxylic acid groups (broad SMARTS) is 1. The number of aliphatic hydroxyl groups is 1. The van der Waals surface area contributed by atoms with Gasteiger partial charge in [0, 0.05) is 13.0 Å². The molecule has 2 aliphatic heterocycles. The van der Waals surface area contributed by atoms with Crippen molar-refractivity contribution in [3.63, 3.8) is 0 Å². The predicted molar refractivity (Wildman–Crippen MR) is 84.6 cm³/mol. The Hall–Kier alpha value is -0.260. The molecule has 2 rings (SSSR count). The Morgan fingerprint density at radius 3 is 2.57 bits per heavy atom. The largest absolute Gasteiger partial charge is 0.481 e. The maximum absolute atomic E-state index is 10.5. The number of fused-ring (bicyclic) bond motifs is 2. The zero-order valence-electron chi connectivity index (χ0n) is 12.7. The summed E-state index contributed by atoms with van der Waals surface area (Å²) in [6, 6.07) is 0. The van der Waals surface area contributed by atoms with Crippen molar-refractivity contribution in [3.8, 4) is 0 Å². The van der Waals surface area contributed by atoms with Crippen LogP contribution in [-0.4, -0.2) is 46.5 Å². The molecule has 0 aliphatic carbocycles. The molecule has 2 heterocycles. The summed E-state index contributed by atoms with van der Waals surface area (Å²) < 4.78 is 6.08. The van der Waals surface area contributed by atoms with Crippen LogP contribution in [0.15, 0.2) is 0 Å². The fourth-order valence-corrected chi connectivity index (χ4v) is 5.00. The average Bonchev–Trinajstić information content (AvgIpc) is 3.04. The van der Waals surface area contributed by atoms with Crippen LogP contribution in [0.5, 0.6) is 0 Å². The van der Waals surface area contributed by atoms with Crippen LogP contribution < -0.4 is 0 Å². The molecule has 2 saturated heterocycles. The molecule has 0 radical (unpaired) electrons. The molecule has 5 heteroatoms. The molecule has 0 aromatic carbocycles. The van der Waals surface area contributed by atoms with Gasteiger partial charge in [-0.1, -0.05) is 6.42 Å². The summed E-state index contributed by atoms with van der Waals surface area (Å²) in [7, 11) is 0. The Morgan fingerprint density at radius 2 is 1.86 bits per heavy atom. The van der Waals surface area contributed by atoms with Crippen molar-refractivity contribution in [2.24, 2.45) is 11.8 Å². The van der Waals surface area contributed by atoms with Crippen LogP contribution in [-0.2, 0) is 9.53 Å². The monoisotopic (exact) mass is 316 g/mol.